The summed E-state index contributed by atoms with van der Waals surface area (Å²) in [7, 11) is 0. The molecule has 0 unspecified atom stereocenters. The maximum Gasteiger partial charge on any atom is 0.137 e. The lowest BCUT2D eigenvalue weighted by Gasteiger charge is -2.19. The van der Waals surface area contributed by atoms with Crippen molar-refractivity contribution in [3.05, 3.63) is 76.3 Å². The van der Waals surface area contributed by atoms with Gasteiger partial charge in [0.25, 0.3) is 0 Å². The number of halogens is 1. The molecular formula is C21H21ClN4S. The lowest BCUT2D eigenvalue weighted by molar-refractivity contribution is 0.666. The highest BCUT2D eigenvalue weighted by molar-refractivity contribution is 7.98. The standard InChI is InChI=1S/C21H21ClN4S/c1-15-4-5-19(9-20(15)22)27-11-17-6-16(10-26-14-24-13-25-26)7-18(8-17)21(2,3)12-23/h4-9,13-14H,10-11H2,1-3H3. The van der Waals surface area contributed by atoms with Crippen LogP contribution >= 0.6 is 23.4 Å². The number of thioether (sulfide) groups is 1. The summed E-state index contributed by atoms with van der Waals surface area (Å²) in [6.45, 7) is 6.51. The molecule has 0 bridgehead atoms. The summed E-state index contributed by atoms with van der Waals surface area (Å²) in [4.78, 5) is 5.14. The molecule has 1 aromatic heterocycles. The Balaban J connectivity index is 1.87. The first-order valence-electron chi connectivity index (χ1n) is 8.63. The van der Waals surface area contributed by atoms with Crippen molar-refractivity contribution < 1.29 is 0 Å². The molecule has 6 heteroatoms. The Hall–Kier alpha value is -2.29. The third-order valence-corrected chi connectivity index (χ3v) is 5.89. The normalized spacial score (nSPS) is 11.4. The van der Waals surface area contributed by atoms with E-state index in [1.165, 1.54) is 11.9 Å². The molecule has 0 amide bonds. The minimum atomic E-state index is -0.551. The topological polar surface area (TPSA) is 54.5 Å². The van der Waals surface area contributed by atoms with Crippen LogP contribution in [0.3, 0.4) is 0 Å². The van der Waals surface area contributed by atoms with Gasteiger partial charge in [0.2, 0.25) is 0 Å². The van der Waals surface area contributed by atoms with Gasteiger partial charge in [-0.1, -0.05) is 35.9 Å². The number of nitriles is 1. The molecule has 0 spiro atoms. The van der Waals surface area contributed by atoms with Crippen LogP contribution in [0.4, 0.5) is 0 Å². The average Bonchev–Trinajstić information content (AvgIpc) is 3.15. The highest BCUT2D eigenvalue weighted by atomic mass is 35.5. The van der Waals surface area contributed by atoms with E-state index in [1.807, 2.05) is 32.9 Å². The molecule has 138 valence electrons. The van der Waals surface area contributed by atoms with E-state index in [1.54, 1.807) is 22.8 Å². The number of aryl methyl sites for hydroxylation is 1. The predicted octanol–water partition coefficient (Wildman–Crippen LogP) is 5.38. The minimum absolute atomic E-state index is 0.551. The van der Waals surface area contributed by atoms with Crippen molar-refractivity contribution in [2.75, 3.05) is 0 Å². The quantitative estimate of drug-likeness (QED) is 0.525. The zero-order chi connectivity index (χ0) is 19.4. The van der Waals surface area contributed by atoms with Gasteiger partial charge in [0.1, 0.15) is 12.7 Å². The Kier molecular flexibility index (Phi) is 5.88. The molecule has 3 rings (SSSR count). The van der Waals surface area contributed by atoms with Crippen LogP contribution in [0.25, 0.3) is 0 Å². The maximum absolute atomic E-state index is 9.55. The molecule has 0 fully saturated rings. The molecule has 3 aromatic rings. The number of aromatic nitrogens is 3. The van der Waals surface area contributed by atoms with E-state index in [2.05, 4.69) is 40.4 Å². The first kappa shape index (κ1) is 19.5. The Morgan fingerprint density at radius 1 is 1.19 bits per heavy atom. The van der Waals surface area contributed by atoms with Gasteiger partial charge in [0, 0.05) is 15.7 Å². The van der Waals surface area contributed by atoms with Gasteiger partial charge in [-0.15, -0.1) is 11.8 Å². The maximum atomic E-state index is 9.55. The monoisotopic (exact) mass is 396 g/mol. The highest BCUT2D eigenvalue weighted by Gasteiger charge is 2.21. The molecule has 1 heterocycles. The third kappa shape index (κ3) is 4.91. The van der Waals surface area contributed by atoms with Gasteiger partial charge in [0.15, 0.2) is 0 Å². The van der Waals surface area contributed by atoms with Gasteiger partial charge in [-0.05, 0) is 55.2 Å². The molecule has 27 heavy (non-hydrogen) atoms. The molecule has 0 saturated heterocycles. The van der Waals surface area contributed by atoms with Crippen molar-refractivity contribution in [1.29, 1.82) is 5.26 Å². The second kappa shape index (κ2) is 8.16. The van der Waals surface area contributed by atoms with Gasteiger partial charge in [-0.25, -0.2) is 9.67 Å². The zero-order valence-corrected chi connectivity index (χ0v) is 17.2. The SMILES string of the molecule is Cc1ccc(SCc2cc(Cn3cncn3)cc(C(C)(C)C#N)c2)cc1Cl. The summed E-state index contributed by atoms with van der Waals surface area (Å²) in [6, 6.07) is 14.9. The van der Waals surface area contributed by atoms with Crippen molar-refractivity contribution >= 4 is 23.4 Å². The molecule has 4 nitrogen and oxygen atoms in total. The first-order chi connectivity index (χ1) is 12.9. The van der Waals surface area contributed by atoms with Crippen LogP contribution in [-0.4, -0.2) is 14.8 Å². The van der Waals surface area contributed by atoms with E-state index in [9.17, 15) is 5.26 Å². The number of nitrogens with zero attached hydrogens (tertiary/aromatic N) is 4. The van der Waals surface area contributed by atoms with Crippen LogP contribution in [-0.2, 0) is 17.7 Å². The summed E-state index contributed by atoms with van der Waals surface area (Å²) in [5, 5.41) is 14.5. The van der Waals surface area contributed by atoms with E-state index in [0.29, 0.717) is 6.54 Å². The van der Waals surface area contributed by atoms with Crippen LogP contribution in [0.15, 0.2) is 53.9 Å². The van der Waals surface area contributed by atoms with Gasteiger partial charge < -0.3 is 0 Å². The summed E-state index contributed by atoms with van der Waals surface area (Å²) < 4.78 is 1.79. The molecule has 0 aliphatic carbocycles. The molecule has 0 N–H and O–H groups in total. The fourth-order valence-electron chi connectivity index (χ4n) is 2.69. The summed E-state index contributed by atoms with van der Waals surface area (Å²) >= 11 is 7.98. The molecule has 2 aromatic carbocycles. The summed E-state index contributed by atoms with van der Waals surface area (Å²) in [5.74, 6) is 0.805. The van der Waals surface area contributed by atoms with Crippen LogP contribution < -0.4 is 0 Å². The third-order valence-electron chi connectivity index (χ3n) is 4.41. The van der Waals surface area contributed by atoms with E-state index in [4.69, 9.17) is 11.6 Å². The molecule has 0 aliphatic heterocycles. The van der Waals surface area contributed by atoms with E-state index >= 15 is 0 Å². The smallest absolute Gasteiger partial charge is 0.137 e. The van der Waals surface area contributed by atoms with E-state index in [0.717, 1.165) is 32.4 Å². The molecule has 0 atom stereocenters. The van der Waals surface area contributed by atoms with Crippen LogP contribution in [0, 0.1) is 18.3 Å². The second-order valence-electron chi connectivity index (χ2n) is 7.07. The average molecular weight is 397 g/mol. The Labute approximate surface area is 169 Å². The fourth-order valence-corrected chi connectivity index (χ4v) is 3.80. The number of hydrogen-bond acceptors (Lipinski definition) is 4. The van der Waals surface area contributed by atoms with Gasteiger partial charge in [-0.2, -0.15) is 10.4 Å². The molecule has 0 aliphatic rings. The van der Waals surface area contributed by atoms with Gasteiger partial charge >= 0.3 is 0 Å². The summed E-state index contributed by atoms with van der Waals surface area (Å²) in [5.41, 5.74) is 3.82. The predicted molar refractivity (Wildman–Crippen MR) is 110 cm³/mol. The molecule has 0 saturated carbocycles. The van der Waals surface area contributed by atoms with Crippen molar-refractivity contribution in [3.8, 4) is 6.07 Å². The van der Waals surface area contributed by atoms with Gasteiger partial charge in [-0.3, -0.25) is 0 Å². The Morgan fingerprint density at radius 3 is 2.63 bits per heavy atom. The van der Waals surface area contributed by atoms with Crippen molar-refractivity contribution in [1.82, 2.24) is 14.8 Å². The Bertz CT molecular complexity index is 974. The summed E-state index contributed by atoms with van der Waals surface area (Å²) in [6.07, 6.45) is 3.23. The number of hydrogen-bond donors (Lipinski definition) is 0. The highest BCUT2D eigenvalue weighted by Crippen LogP contribution is 2.30. The fraction of sp³-hybridized carbons (Fsp3) is 0.286. The van der Waals surface area contributed by atoms with Crippen molar-refractivity contribution in [3.63, 3.8) is 0 Å². The number of benzene rings is 2. The minimum Gasteiger partial charge on any atom is -0.249 e. The van der Waals surface area contributed by atoms with E-state index in [-0.39, 0.29) is 0 Å². The molecular weight excluding hydrogens is 376 g/mol. The van der Waals surface area contributed by atoms with Crippen LogP contribution in [0.5, 0.6) is 0 Å². The first-order valence-corrected chi connectivity index (χ1v) is 10.00. The zero-order valence-electron chi connectivity index (χ0n) is 15.6. The Morgan fingerprint density at radius 2 is 1.96 bits per heavy atom. The van der Waals surface area contributed by atoms with Crippen LogP contribution in [0.2, 0.25) is 5.02 Å². The number of rotatable bonds is 6. The van der Waals surface area contributed by atoms with Crippen molar-refractivity contribution in [2.24, 2.45) is 0 Å². The van der Waals surface area contributed by atoms with E-state index < -0.39 is 5.41 Å². The largest absolute Gasteiger partial charge is 0.249 e. The van der Waals surface area contributed by atoms with Crippen molar-refractivity contribution in [2.45, 2.75) is 43.4 Å². The molecule has 0 radical (unpaired) electrons. The second-order valence-corrected chi connectivity index (χ2v) is 8.52. The lowest BCUT2D eigenvalue weighted by Crippen LogP contribution is -2.15. The van der Waals surface area contributed by atoms with Crippen LogP contribution in [0.1, 0.15) is 36.1 Å². The van der Waals surface area contributed by atoms with Gasteiger partial charge in [0.05, 0.1) is 18.0 Å². The lowest BCUT2D eigenvalue weighted by atomic mass is 9.84.